The van der Waals surface area contributed by atoms with Crippen LogP contribution in [0.5, 0.6) is 0 Å². The van der Waals surface area contributed by atoms with Gasteiger partial charge in [0.2, 0.25) is 16.0 Å². The van der Waals surface area contributed by atoms with Crippen molar-refractivity contribution in [3.05, 3.63) is 12.5 Å². The molecule has 3 N–H and O–H groups in total. The molecule has 4 rings (SSSR count). The molecule has 29 heavy (non-hydrogen) atoms. The summed E-state index contributed by atoms with van der Waals surface area (Å²) in [6.45, 7) is 2.80. The third-order valence-corrected chi connectivity index (χ3v) is 7.17. The van der Waals surface area contributed by atoms with Gasteiger partial charge in [-0.2, -0.15) is 0 Å². The maximum Gasteiger partial charge on any atom is 0.223 e. The molecule has 11 heteroatoms. The highest BCUT2D eigenvalue weighted by molar-refractivity contribution is 7.88. The summed E-state index contributed by atoms with van der Waals surface area (Å²) in [5, 5.41) is 17.2. The van der Waals surface area contributed by atoms with Crippen molar-refractivity contribution in [2.75, 3.05) is 30.0 Å². The van der Waals surface area contributed by atoms with E-state index >= 15 is 0 Å². The molecule has 1 saturated heterocycles. The van der Waals surface area contributed by atoms with E-state index in [2.05, 4.69) is 30.6 Å². The van der Waals surface area contributed by atoms with E-state index in [1.165, 1.54) is 16.9 Å². The van der Waals surface area contributed by atoms with Crippen LogP contribution in [0.4, 0.5) is 11.8 Å². The van der Waals surface area contributed by atoms with Crippen molar-refractivity contribution in [1.29, 1.82) is 0 Å². The number of fused-ring (bicyclic) bond motifs is 1. The highest BCUT2D eigenvalue weighted by Crippen LogP contribution is 2.32. The van der Waals surface area contributed by atoms with Gasteiger partial charge >= 0.3 is 0 Å². The minimum absolute atomic E-state index is 0.0905. The number of hydrogen-bond acceptors (Lipinski definition) is 9. The first-order valence-corrected chi connectivity index (χ1v) is 11.8. The van der Waals surface area contributed by atoms with E-state index in [-0.39, 0.29) is 12.1 Å². The van der Waals surface area contributed by atoms with Crippen LogP contribution in [-0.2, 0) is 10.0 Å². The van der Waals surface area contributed by atoms with Crippen LogP contribution in [0.3, 0.4) is 0 Å². The molecule has 2 atom stereocenters. The van der Waals surface area contributed by atoms with Crippen LogP contribution >= 0.6 is 0 Å². The normalized spacial score (nSPS) is 26.7. The molecule has 0 aromatic carbocycles. The zero-order chi connectivity index (χ0) is 20.6. The largest absolute Gasteiger partial charge is 0.388 e. The molecule has 0 unspecified atom stereocenters. The van der Waals surface area contributed by atoms with Gasteiger partial charge in [0.05, 0.1) is 24.1 Å². The zero-order valence-corrected chi connectivity index (χ0v) is 17.5. The third kappa shape index (κ3) is 4.41. The number of rotatable bonds is 5. The summed E-state index contributed by atoms with van der Waals surface area (Å²) in [7, 11) is -3.15. The number of anilines is 2. The van der Waals surface area contributed by atoms with E-state index in [9.17, 15) is 13.5 Å². The van der Waals surface area contributed by atoms with E-state index in [0.29, 0.717) is 48.7 Å². The van der Waals surface area contributed by atoms with Gasteiger partial charge in [0.1, 0.15) is 17.4 Å². The van der Waals surface area contributed by atoms with Crippen LogP contribution in [0.15, 0.2) is 12.5 Å². The molecular weight excluding hydrogens is 394 g/mol. The Morgan fingerprint density at radius 3 is 2.59 bits per heavy atom. The second-order valence-corrected chi connectivity index (χ2v) is 10.2. The molecule has 2 fully saturated rings. The van der Waals surface area contributed by atoms with Gasteiger partial charge < -0.3 is 15.7 Å². The Kier molecular flexibility index (Phi) is 5.30. The monoisotopic (exact) mass is 421 g/mol. The van der Waals surface area contributed by atoms with Crippen molar-refractivity contribution >= 4 is 32.8 Å². The minimum atomic E-state index is -3.15. The molecule has 2 aromatic rings. The van der Waals surface area contributed by atoms with E-state index in [4.69, 9.17) is 0 Å². The number of piperidine rings is 1. The quantitative estimate of drug-likeness (QED) is 0.646. The SMILES string of the molecule is C[C@@]1(O)CCC[C@H]1Nc1ncnc2cnc(NC3CCN(S(C)(=O)=O)CC3)nc12. The molecule has 1 aliphatic carbocycles. The summed E-state index contributed by atoms with van der Waals surface area (Å²) in [5.41, 5.74) is 0.442. The van der Waals surface area contributed by atoms with Gasteiger partial charge in [0.25, 0.3) is 0 Å². The van der Waals surface area contributed by atoms with Crippen molar-refractivity contribution in [3.63, 3.8) is 0 Å². The molecule has 0 bridgehead atoms. The molecule has 10 nitrogen and oxygen atoms in total. The average Bonchev–Trinajstić information content (AvgIpc) is 3.00. The Hall–Kier alpha value is -2.11. The second-order valence-electron chi connectivity index (χ2n) is 8.18. The first kappa shape index (κ1) is 20.2. The van der Waals surface area contributed by atoms with Gasteiger partial charge in [-0.1, -0.05) is 0 Å². The second kappa shape index (κ2) is 7.62. The molecule has 1 saturated carbocycles. The first-order chi connectivity index (χ1) is 13.7. The van der Waals surface area contributed by atoms with Gasteiger partial charge in [-0.3, -0.25) is 0 Å². The molecule has 0 radical (unpaired) electrons. The predicted molar refractivity (Wildman–Crippen MR) is 110 cm³/mol. The van der Waals surface area contributed by atoms with Gasteiger partial charge in [0.15, 0.2) is 5.82 Å². The van der Waals surface area contributed by atoms with Crippen molar-refractivity contribution in [3.8, 4) is 0 Å². The summed E-state index contributed by atoms with van der Waals surface area (Å²) in [4.78, 5) is 17.5. The first-order valence-electron chi connectivity index (χ1n) is 9.91. The summed E-state index contributed by atoms with van der Waals surface area (Å²) >= 11 is 0. The highest BCUT2D eigenvalue weighted by atomic mass is 32.2. The minimum Gasteiger partial charge on any atom is -0.388 e. The fourth-order valence-electron chi connectivity index (χ4n) is 4.09. The number of aromatic nitrogens is 4. The Morgan fingerprint density at radius 2 is 1.93 bits per heavy atom. The zero-order valence-electron chi connectivity index (χ0n) is 16.7. The van der Waals surface area contributed by atoms with Crippen molar-refractivity contribution in [2.45, 2.75) is 56.7 Å². The van der Waals surface area contributed by atoms with Gasteiger partial charge in [-0.05, 0) is 39.0 Å². The van der Waals surface area contributed by atoms with Crippen LogP contribution in [0, 0.1) is 0 Å². The van der Waals surface area contributed by atoms with E-state index in [0.717, 1.165) is 19.3 Å². The Bertz CT molecular complexity index is 990. The fourth-order valence-corrected chi connectivity index (χ4v) is 4.96. The molecule has 2 aliphatic rings. The average molecular weight is 422 g/mol. The lowest BCUT2D eigenvalue weighted by Crippen LogP contribution is -2.42. The lowest BCUT2D eigenvalue weighted by Gasteiger charge is -2.30. The van der Waals surface area contributed by atoms with Gasteiger partial charge in [0, 0.05) is 19.1 Å². The molecule has 0 amide bonds. The molecular formula is C18H27N7O3S. The van der Waals surface area contributed by atoms with E-state index in [1.54, 1.807) is 6.20 Å². The molecule has 0 spiro atoms. The van der Waals surface area contributed by atoms with Crippen LogP contribution in [0.2, 0.25) is 0 Å². The number of aliphatic hydroxyl groups is 1. The number of hydrogen-bond donors (Lipinski definition) is 3. The van der Waals surface area contributed by atoms with Gasteiger partial charge in [-0.15, -0.1) is 0 Å². The topological polar surface area (TPSA) is 133 Å². The standard InChI is InChI=1S/C18H27N7O3S/c1-18(26)7-3-4-14(18)23-16-15-13(20-11-21-16)10-19-17(24-15)22-12-5-8-25(9-6-12)29(2,27)28/h10-12,14,26H,3-9H2,1-2H3,(H,19,22,24)(H,20,21,23)/t14-,18-/m1/s1. The summed E-state index contributed by atoms with van der Waals surface area (Å²) in [6.07, 6.45) is 8.31. The van der Waals surface area contributed by atoms with Crippen LogP contribution in [0.25, 0.3) is 11.0 Å². The molecule has 3 heterocycles. The smallest absolute Gasteiger partial charge is 0.223 e. The predicted octanol–water partition coefficient (Wildman–Crippen LogP) is 0.971. The number of sulfonamides is 1. The third-order valence-electron chi connectivity index (χ3n) is 5.87. The van der Waals surface area contributed by atoms with Crippen molar-refractivity contribution < 1.29 is 13.5 Å². The summed E-state index contributed by atoms with van der Waals surface area (Å²) in [5.74, 6) is 1.05. The van der Waals surface area contributed by atoms with Crippen LogP contribution in [-0.4, -0.2) is 74.8 Å². The maximum atomic E-state index is 11.7. The molecule has 2 aromatic heterocycles. The van der Waals surface area contributed by atoms with Crippen molar-refractivity contribution in [1.82, 2.24) is 24.2 Å². The van der Waals surface area contributed by atoms with Gasteiger partial charge in [-0.25, -0.2) is 32.7 Å². The number of nitrogens with zero attached hydrogens (tertiary/aromatic N) is 5. The number of nitrogens with one attached hydrogen (secondary N) is 2. The summed E-state index contributed by atoms with van der Waals surface area (Å²) in [6, 6.07) is 0.00866. The van der Waals surface area contributed by atoms with Crippen molar-refractivity contribution in [2.24, 2.45) is 0 Å². The lowest BCUT2D eigenvalue weighted by atomic mass is 10.0. The van der Waals surface area contributed by atoms with Crippen LogP contribution < -0.4 is 10.6 Å². The Morgan fingerprint density at radius 1 is 1.17 bits per heavy atom. The van der Waals surface area contributed by atoms with Crippen LogP contribution in [0.1, 0.15) is 39.0 Å². The fraction of sp³-hybridized carbons (Fsp3) is 0.667. The Balaban J connectivity index is 1.50. The maximum absolute atomic E-state index is 11.7. The Labute approximate surface area is 170 Å². The highest BCUT2D eigenvalue weighted by Gasteiger charge is 2.37. The molecule has 1 aliphatic heterocycles. The van der Waals surface area contributed by atoms with E-state index < -0.39 is 15.6 Å². The summed E-state index contributed by atoms with van der Waals surface area (Å²) < 4.78 is 24.8. The van der Waals surface area contributed by atoms with E-state index in [1.807, 2.05) is 6.92 Å². The molecule has 158 valence electrons. The lowest BCUT2D eigenvalue weighted by molar-refractivity contribution is 0.0578.